The van der Waals surface area contributed by atoms with Crippen LogP contribution in [0.15, 0.2) is 30.3 Å². The van der Waals surface area contributed by atoms with Crippen LogP contribution in [0.25, 0.3) is 0 Å². The zero-order valence-electron chi connectivity index (χ0n) is 16.7. The summed E-state index contributed by atoms with van der Waals surface area (Å²) in [6.07, 6.45) is 4.02. The van der Waals surface area contributed by atoms with Gasteiger partial charge in [-0.15, -0.1) is 0 Å². The summed E-state index contributed by atoms with van der Waals surface area (Å²) in [4.78, 5) is 4.91. The van der Waals surface area contributed by atoms with Crippen molar-refractivity contribution in [3.63, 3.8) is 0 Å². The molecule has 1 aromatic carbocycles. The van der Waals surface area contributed by atoms with Crippen molar-refractivity contribution in [2.45, 2.75) is 79.4 Å². The quantitative estimate of drug-likeness (QED) is 0.713. The number of rotatable bonds is 5. The summed E-state index contributed by atoms with van der Waals surface area (Å²) in [7, 11) is 2.19. The molecule has 1 heterocycles. The maximum Gasteiger partial charge on any atom is 0.0236 e. The molecule has 1 aliphatic heterocycles. The normalized spacial score (nSPS) is 18.7. The molecular formula is C21H40N2. The fourth-order valence-corrected chi connectivity index (χ4v) is 2.73. The topological polar surface area (TPSA) is 6.48 Å². The molecule has 2 heteroatoms. The molecule has 0 aliphatic carbocycles. The SMILES string of the molecule is CC.CC1CCCN1C.CCC(C)N(CC)Cc1ccccc1. The summed E-state index contributed by atoms with van der Waals surface area (Å²) in [6.45, 7) is 16.6. The zero-order valence-corrected chi connectivity index (χ0v) is 16.7. The van der Waals surface area contributed by atoms with Gasteiger partial charge in [-0.25, -0.2) is 0 Å². The standard InChI is InChI=1S/C13H21N.C6H13N.C2H6/c1-4-12(3)14(5-2)11-13-9-7-6-8-10-13;1-6-4-3-5-7(6)2;1-2/h6-10,12H,4-5,11H2,1-3H3;6H,3-5H2,1-2H3;1-2H3. The maximum atomic E-state index is 2.51. The summed E-state index contributed by atoms with van der Waals surface area (Å²) in [6, 6.07) is 12.2. The monoisotopic (exact) mass is 320 g/mol. The van der Waals surface area contributed by atoms with Crippen LogP contribution in [-0.2, 0) is 6.54 Å². The van der Waals surface area contributed by atoms with Gasteiger partial charge in [0.2, 0.25) is 0 Å². The van der Waals surface area contributed by atoms with Crippen LogP contribution in [0, 0.1) is 0 Å². The van der Waals surface area contributed by atoms with Crippen molar-refractivity contribution in [1.82, 2.24) is 9.80 Å². The lowest BCUT2D eigenvalue weighted by atomic mass is 10.1. The van der Waals surface area contributed by atoms with E-state index < -0.39 is 0 Å². The molecule has 1 saturated heterocycles. The largest absolute Gasteiger partial charge is 0.304 e. The van der Waals surface area contributed by atoms with Crippen molar-refractivity contribution in [1.29, 1.82) is 0 Å². The van der Waals surface area contributed by atoms with Gasteiger partial charge in [-0.1, -0.05) is 58.0 Å². The van der Waals surface area contributed by atoms with E-state index in [1.807, 2.05) is 13.8 Å². The molecule has 2 rings (SSSR count). The van der Waals surface area contributed by atoms with Crippen molar-refractivity contribution in [2.24, 2.45) is 0 Å². The molecule has 1 fully saturated rings. The molecule has 1 aliphatic rings. The first-order valence-corrected chi connectivity index (χ1v) is 9.56. The molecule has 0 radical (unpaired) electrons. The first-order valence-electron chi connectivity index (χ1n) is 9.56. The van der Waals surface area contributed by atoms with Crippen LogP contribution in [0.3, 0.4) is 0 Å². The first-order chi connectivity index (χ1) is 11.1. The smallest absolute Gasteiger partial charge is 0.0236 e. The number of nitrogens with zero attached hydrogens (tertiary/aromatic N) is 2. The van der Waals surface area contributed by atoms with Crippen LogP contribution in [0.1, 0.15) is 66.4 Å². The zero-order chi connectivity index (χ0) is 17.7. The van der Waals surface area contributed by atoms with Gasteiger partial charge in [-0.3, -0.25) is 4.90 Å². The highest BCUT2D eigenvalue weighted by Crippen LogP contribution is 2.12. The van der Waals surface area contributed by atoms with E-state index in [1.54, 1.807) is 0 Å². The van der Waals surface area contributed by atoms with E-state index in [4.69, 9.17) is 0 Å². The highest BCUT2D eigenvalue weighted by molar-refractivity contribution is 5.14. The summed E-state index contributed by atoms with van der Waals surface area (Å²) in [5.41, 5.74) is 1.41. The lowest BCUT2D eigenvalue weighted by Crippen LogP contribution is -2.31. The summed E-state index contributed by atoms with van der Waals surface area (Å²) < 4.78 is 0. The minimum atomic E-state index is 0.681. The van der Waals surface area contributed by atoms with Gasteiger partial charge >= 0.3 is 0 Å². The van der Waals surface area contributed by atoms with Gasteiger partial charge in [0.05, 0.1) is 0 Å². The third-order valence-electron chi connectivity index (χ3n) is 4.73. The van der Waals surface area contributed by atoms with E-state index in [1.165, 1.54) is 31.4 Å². The van der Waals surface area contributed by atoms with E-state index in [0.29, 0.717) is 6.04 Å². The lowest BCUT2D eigenvalue weighted by Gasteiger charge is -2.26. The Bertz CT molecular complexity index is 355. The van der Waals surface area contributed by atoms with E-state index in [0.717, 1.165) is 19.1 Å². The van der Waals surface area contributed by atoms with Gasteiger partial charge in [-0.05, 0) is 58.8 Å². The van der Waals surface area contributed by atoms with Gasteiger partial charge < -0.3 is 4.90 Å². The van der Waals surface area contributed by atoms with Crippen molar-refractivity contribution < 1.29 is 0 Å². The summed E-state index contributed by atoms with van der Waals surface area (Å²) >= 11 is 0. The second-order valence-electron chi connectivity index (χ2n) is 6.28. The predicted octanol–water partition coefficient (Wildman–Crippen LogP) is 5.43. The number of benzene rings is 1. The third kappa shape index (κ3) is 9.12. The molecule has 2 unspecified atom stereocenters. The Labute approximate surface area is 145 Å². The van der Waals surface area contributed by atoms with Crippen molar-refractivity contribution >= 4 is 0 Å². The minimum absolute atomic E-state index is 0.681. The van der Waals surface area contributed by atoms with E-state index in [9.17, 15) is 0 Å². The Balaban J connectivity index is 0.000000449. The summed E-state index contributed by atoms with van der Waals surface area (Å²) in [5.74, 6) is 0. The average molecular weight is 321 g/mol. The molecule has 0 bridgehead atoms. The lowest BCUT2D eigenvalue weighted by molar-refractivity contribution is 0.206. The number of hydrogen-bond acceptors (Lipinski definition) is 2. The Morgan fingerprint density at radius 2 is 1.78 bits per heavy atom. The van der Waals surface area contributed by atoms with Crippen molar-refractivity contribution in [2.75, 3.05) is 20.1 Å². The number of hydrogen-bond donors (Lipinski definition) is 0. The third-order valence-corrected chi connectivity index (χ3v) is 4.73. The molecule has 0 spiro atoms. The number of likely N-dealkylation sites (tertiary alicyclic amines) is 1. The molecule has 0 saturated carbocycles. The molecular weight excluding hydrogens is 280 g/mol. The predicted molar refractivity (Wildman–Crippen MR) is 105 cm³/mol. The van der Waals surface area contributed by atoms with E-state index >= 15 is 0 Å². The Hall–Kier alpha value is -0.860. The van der Waals surface area contributed by atoms with Gasteiger partial charge in [-0.2, -0.15) is 0 Å². The fraction of sp³-hybridized carbons (Fsp3) is 0.714. The van der Waals surface area contributed by atoms with Crippen LogP contribution < -0.4 is 0 Å². The van der Waals surface area contributed by atoms with Gasteiger partial charge in [0.1, 0.15) is 0 Å². The molecule has 0 amide bonds. The van der Waals surface area contributed by atoms with Crippen LogP contribution in [0.5, 0.6) is 0 Å². The highest BCUT2D eigenvalue weighted by Gasteiger charge is 2.14. The maximum absolute atomic E-state index is 2.51. The second-order valence-corrected chi connectivity index (χ2v) is 6.28. The van der Waals surface area contributed by atoms with E-state index in [-0.39, 0.29) is 0 Å². The van der Waals surface area contributed by atoms with Crippen LogP contribution in [-0.4, -0.2) is 42.0 Å². The Morgan fingerprint density at radius 3 is 2.13 bits per heavy atom. The second kappa shape index (κ2) is 13.6. The van der Waals surface area contributed by atoms with Crippen LogP contribution in [0.2, 0.25) is 0 Å². The highest BCUT2D eigenvalue weighted by atomic mass is 15.1. The Morgan fingerprint density at radius 1 is 1.17 bits per heavy atom. The van der Waals surface area contributed by atoms with Crippen LogP contribution in [0.4, 0.5) is 0 Å². The van der Waals surface area contributed by atoms with Crippen LogP contribution >= 0.6 is 0 Å². The van der Waals surface area contributed by atoms with Crippen molar-refractivity contribution in [3.05, 3.63) is 35.9 Å². The molecule has 0 aromatic heterocycles. The molecule has 0 N–H and O–H groups in total. The molecule has 1 aromatic rings. The molecule has 2 atom stereocenters. The Kier molecular flexibility index (Phi) is 13.1. The van der Waals surface area contributed by atoms with Gasteiger partial charge in [0, 0.05) is 18.6 Å². The first kappa shape index (κ1) is 22.1. The van der Waals surface area contributed by atoms with Gasteiger partial charge in [0.15, 0.2) is 0 Å². The fourth-order valence-electron chi connectivity index (χ4n) is 2.73. The van der Waals surface area contributed by atoms with Gasteiger partial charge in [0.25, 0.3) is 0 Å². The molecule has 134 valence electrons. The molecule has 2 nitrogen and oxygen atoms in total. The minimum Gasteiger partial charge on any atom is -0.304 e. The summed E-state index contributed by atoms with van der Waals surface area (Å²) in [5, 5.41) is 0. The molecule has 23 heavy (non-hydrogen) atoms. The average Bonchev–Trinajstić information content (AvgIpc) is 2.98. The van der Waals surface area contributed by atoms with Crippen molar-refractivity contribution in [3.8, 4) is 0 Å². The van der Waals surface area contributed by atoms with E-state index in [2.05, 4.69) is 74.9 Å².